The third-order valence-electron chi connectivity index (χ3n) is 1.78. The van der Waals surface area contributed by atoms with Crippen molar-refractivity contribution in [2.24, 2.45) is 9.98 Å². The molecular weight excluding hydrogens is 156 g/mol. The molecule has 4 heteroatoms. The highest BCUT2D eigenvalue weighted by atomic mass is 16.4. The fraction of sp³-hybridized carbons (Fsp3) is 0.125. The Morgan fingerprint density at radius 3 is 3.08 bits per heavy atom. The van der Waals surface area contributed by atoms with Gasteiger partial charge in [0, 0.05) is 30.6 Å². The van der Waals surface area contributed by atoms with Crippen molar-refractivity contribution in [3.05, 3.63) is 23.5 Å². The Labute approximate surface area is 68.6 Å². The van der Waals surface area contributed by atoms with Gasteiger partial charge < -0.3 is 5.11 Å². The molecule has 0 saturated carbocycles. The van der Waals surface area contributed by atoms with E-state index in [2.05, 4.69) is 9.98 Å². The number of carboxylic acid groups (broad SMARTS) is 1. The number of hydrogen-bond acceptors (Lipinski definition) is 3. The Hall–Kier alpha value is -1.71. The summed E-state index contributed by atoms with van der Waals surface area (Å²) in [6.45, 7) is 0. The molecule has 60 valence electrons. The molecule has 0 aromatic heterocycles. The molecule has 0 amide bonds. The fourth-order valence-corrected chi connectivity index (χ4v) is 1.13. The molecule has 0 aliphatic carbocycles. The molecule has 12 heavy (non-hydrogen) atoms. The third-order valence-corrected chi connectivity index (χ3v) is 1.78. The number of carbonyl (C=O) groups is 1. The van der Waals surface area contributed by atoms with Gasteiger partial charge in [-0.1, -0.05) is 0 Å². The Balaban J connectivity index is 2.33. The first-order valence-electron chi connectivity index (χ1n) is 3.50. The minimum Gasteiger partial charge on any atom is -0.477 e. The van der Waals surface area contributed by atoms with E-state index in [9.17, 15) is 4.79 Å². The predicted octanol–water partition coefficient (Wildman–Crippen LogP) is 0.768. The van der Waals surface area contributed by atoms with Crippen molar-refractivity contribution in [1.29, 1.82) is 0 Å². The van der Waals surface area contributed by atoms with Gasteiger partial charge in [0.05, 0.1) is 0 Å². The van der Waals surface area contributed by atoms with E-state index in [-0.39, 0.29) is 5.71 Å². The molecule has 2 aliphatic rings. The van der Waals surface area contributed by atoms with Crippen LogP contribution in [0.1, 0.15) is 6.42 Å². The number of aliphatic carboxylic acids is 1. The molecule has 0 atom stereocenters. The highest BCUT2D eigenvalue weighted by molar-refractivity contribution is 6.37. The topological polar surface area (TPSA) is 62.0 Å². The second-order valence-corrected chi connectivity index (χ2v) is 2.57. The smallest absolute Gasteiger partial charge is 0.350 e. The maximum atomic E-state index is 10.5. The first-order valence-corrected chi connectivity index (χ1v) is 3.50. The van der Waals surface area contributed by atoms with E-state index in [4.69, 9.17) is 5.11 Å². The summed E-state index contributed by atoms with van der Waals surface area (Å²) in [6.07, 6.45) is 5.26. The Morgan fingerprint density at radius 2 is 2.33 bits per heavy atom. The summed E-state index contributed by atoms with van der Waals surface area (Å²) in [7, 11) is 0. The molecule has 2 rings (SSSR count). The number of rotatable bonds is 1. The largest absolute Gasteiger partial charge is 0.477 e. The molecule has 4 nitrogen and oxygen atoms in total. The van der Waals surface area contributed by atoms with Crippen LogP contribution < -0.4 is 0 Å². The van der Waals surface area contributed by atoms with Crippen molar-refractivity contribution in [1.82, 2.24) is 0 Å². The zero-order chi connectivity index (χ0) is 8.55. The van der Waals surface area contributed by atoms with Crippen LogP contribution in [0.5, 0.6) is 0 Å². The summed E-state index contributed by atoms with van der Waals surface area (Å²) in [5, 5.41) is 8.63. The summed E-state index contributed by atoms with van der Waals surface area (Å²) in [6, 6.07) is 0. The first kappa shape index (κ1) is 6.97. The molecule has 0 fully saturated rings. The zero-order valence-electron chi connectivity index (χ0n) is 6.19. The lowest BCUT2D eigenvalue weighted by Gasteiger charge is -2.07. The van der Waals surface area contributed by atoms with Gasteiger partial charge >= 0.3 is 5.97 Å². The third kappa shape index (κ3) is 0.972. The van der Waals surface area contributed by atoms with Crippen LogP contribution in [0.4, 0.5) is 0 Å². The van der Waals surface area contributed by atoms with Gasteiger partial charge in [0.2, 0.25) is 0 Å². The van der Waals surface area contributed by atoms with Crippen LogP contribution in [0.2, 0.25) is 0 Å². The molecule has 2 aliphatic heterocycles. The summed E-state index contributed by atoms with van der Waals surface area (Å²) in [5.41, 5.74) is 2.03. The van der Waals surface area contributed by atoms with E-state index in [1.54, 1.807) is 12.4 Å². The minimum absolute atomic E-state index is 0.176. The number of allylic oxidation sites excluding steroid dienone is 2. The van der Waals surface area contributed by atoms with Crippen molar-refractivity contribution in [3.63, 3.8) is 0 Å². The first-order chi connectivity index (χ1) is 5.77. The van der Waals surface area contributed by atoms with Gasteiger partial charge in [-0.05, 0) is 5.57 Å². The number of fused-ring (bicyclic) bond motifs is 1. The number of nitrogens with zero attached hydrogens (tertiary/aromatic N) is 2. The molecule has 0 aromatic rings. The SMILES string of the molecule is O=C(O)C1=NC=C2C=NC=C2C1. The Bertz CT molecular complexity index is 361. The van der Waals surface area contributed by atoms with Gasteiger partial charge in [0.25, 0.3) is 0 Å². The number of hydrogen-bond donors (Lipinski definition) is 1. The summed E-state index contributed by atoms with van der Waals surface area (Å²) >= 11 is 0. The van der Waals surface area contributed by atoms with Crippen molar-refractivity contribution in [2.75, 3.05) is 0 Å². The molecule has 2 heterocycles. The number of carboxylic acids is 1. The van der Waals surface area contributed by atoms with E-state index >= 15 is 0 Å². The van der Waals surface area contributed by atoms with Gasteiger partial charge in [-0.25, -0.2) is 4.79 Å². The molecule has 1 N–H and O–H groups in total. The van der Waals surface area contributed by atoms with Crippen molar-refractivity contribution < 1.29 is 9.90 Å². The van der Waals surface area contributed by atoms with Crippen LogP contribution in [0.15, 0.2) is 33.5 Å². The van der Waals surface area contributed by atoms with Crippen molar-refractivity contribution in [2.45, 2.75) is 6.42 Å². The van der Waals surface area contributed by atoms with Crippen LogP contribution in [-0.4, -0.2) is 23.0 Å². The van der Waals surface area contributed by atoms with E-state index in [1.807, 2.05) is 0 Å². The molecular formula is C8H6N2O2. The van der Waals surface area contributed by atoms with Crippen LogP contribution in [0, 0.1) is 0 Å². The molecule has 0 radical (unpaired) electrons. The van der Waals surface area contributed by atoms with Gasteiger partial charge in [-0.15, -0.1) is 0 Å². The molecule has 0 unspecified atom stereocenters. The van der Waals surface area contributed by atoms with E-state index in [0.29, 0.717) is 6.42 Å². The molecule has 0 spiro atoms. The highest BCUT2D eigenvalue weighted by Gasteiger charge is 2.19. The quantitative estimate of drug-likeness (QED) is 0.618. The van der Waals surface area contributed by atoms with Crippen LogP contribution >= 0.6 is 0 Å². The van der Waals surface area contributed by atoms with E-state index < -0.39 is 5.97 Å². The summed E-state index contributed by atoms with van der Waals surface area (Å²) in [4.78, 5) is 18.2. The van der Waals surface area contributed by atoms with E-state index in [0.717, 1.165) is 11.1 Å². The van der Waals surface area contributed by atoms with Crippen LogP contribution in [0.25, 0.3) is 0 Å². The second kappa shape index (κ2) is 2.41. The lowest BCUT2D eigenvalue weighted by Crippen LogP contribution is -2.16. The lowest BCUT2D eigenvalue weighted by molar-refractivity contribution is -0.129. The summed E-state index contributed by atoms with van der Waals surface area (Å²) in [5.74, 6) is -0.960. The normalized spacial score (nSPS) is 19.5. The second-order valence-electron chi connectivity index (χ2n) is 2.57. The monoisotopic (exact) mass is 162 g/mol. The maximum absolute atomic E-state index is 10.5. The van der Waals surface area contributed by atoms with E-state index in [1.165, 1.54) is 6.20 Å². The van der Waals surface area contributed by atoms with Gasteiger partial charge in [-0.2, -0.15) is 0 Å². The maximum Gasteiger partial charge on any atom is 0.350 e. The minimum atomic E-state index is -0.960. The molecule has 0 saturated heterocycles. The van der Waals surface area contributed by atoms with Crippen molar-refractivity contribution in [3.8, 4) is 0 Å². The van der Waals surface area contributed by atoms with Gasteiger partial charge in [-0.3, -0.25) is 9.98 Å². The Kier molecular flexibility index (Phi) is 1.40. The fourth-order valence-electron chi connectivity index (χ4n) is 1.13. The average Bonchev–Trinajstić information content (AvgIpc) is 2.49. The van der Waals surface area contributed by atoms with Crippen molar-refractivity contribution >= 4 is 17.9 Å². The molecule has 0 bridgehead atoms. The van der Waals surface area contributed by atoms with Crippen LogP contribution in [0.3, 0.4) is 0 Å². The zero-order valence-corrected chi connectivity index (χ0v) is 6.19. The van der Waals surface area contributed by atoms with Gasteiger partial charge in [0.1, 0.15) is 5.71 Å². The predicted molar refractivity (Wildman–Crippen MR) is 44.3 cm³/mol. The lowest BCUT2D eigenvalue weighted by atomic mass is 10.0. The molecule has 0 aromatic carbocycles. The van der Waals surface area contributed by atoms with Crippen LogP contribution in [-0.2, 0) is 4.79 Å². The standard InChI is InChI=1S/C8H6N2O2/c11-8(12)7-1-5-2-9-3-6(5)4-10-7/h2-4H,1H2,(H,11,12). The number of aliphatic imine (C=N–C) groups is 2. The van der Waals surface area contributed by atoms with Gasteiger partial charge in [0.15, 0.2) is 0 Å². The highest BCUT2D eigenvalue weighted by Crippen LogP contribution is 2.22. The Morgan fingerprint density at radius 1 is 1.50 bits per heavy atom. The average molecular weight is 162 g/mol. The summed E-state index contributed by atoms with van der Waals surface area (Å²) < 4.78 is 0.